The van der Waals surface area contributed by atoms with Gasteiger partial charge >= 0.3 is 0 Å². The van der Waals surface area contributed by atoms with E-state index in [9.17, 15) is 9.59 Å². The third kappa shape index (κ3) is 2.35. The monoisotopic (exact) mass is 196 g/mol. The minimum atomic E-state index is -0.377. The van der Waals surface area contributed by atoms with Crippen molar-refractivity contribution >= 4 is 11.8 Å². The van der Waals surface area contributed by atoms with Gasteiger partial charge in [0.15, 0.2) is 0 Å². The molecule has 2 amide bonds. The third-order valence-corrected chi connectivity index (χ3v) is 1.74. The van der Waals surface area contributed by atoms with Gasteiger partial charge in [-0.15, -0.1) is 0 Å². The maximum absolute atomic E-state index is 11.4. The molecule has 1 heterocycles. The molecule has 0 aliphatic heterocycles. The van der Waals surface area contributed by atoms with Crippen LogP contribution in [0.4, 0.5) is 0 Å². The molecule has 0 saturated carbocycles. The summed E-state index contributed by atoms with van der Waals surface area (Å²) in [6, 6.07) is 1.54. The Labute approximate surface area is 81.4 Å². The maximum atomic E-state index is 11.4. The third-order valence-electron chi connectivity index (χ3n) is 1.74. The molecule has 0 aliphatic rings. The normalized spacial score (nSPS) is 9.57. The van der Waals surface area contributed by atoms with Gasteiger partial charge < -0.3 is 4.42 Å². The molecular formula is C9H12N2O3. The summed E-state index contributed by atoms with van der Waals surface area (Å²) in [7, 11) is 0. The molecule has 2 N–H and O–H groups in total. The number of rotatable bonds is 2. The molecule has 0 unspecified atom stereocenters. The second-order valence-electron chi connectivity index (χ2n) is 2.75. The van der Waals surface area contributed by atoms with Gasteiger partial charge in [0.1, 0.15) is 5.76 Å². The van der Waals surface area contributed by atoms with Gasteiger partial charge in [-0.1, -0.05) is 6.92 Å². The molecule has 5 nitrogen and oxygen atoms in total. The van der Waals surface area contributed by atoms with Crippen LogP contribution in [0.2, 0.25) is 0 Å². The second kappa shape index (κ2) is 4.45. The average Bonchev–Trinajstić information content (AvgIpc) is 2.60. The van der Waals surface area contributed by atoms with Crippen LogP contribution in [0.3, 0.4) is 0 Å². The Kier molecular flexibility index (Phi) is 3.28. The smallest absolute Gasteiger partial charge is 0.273 e. The van der Waals surface area contributed by atoms with Gasteiger partial charge in [0.2, 0.25) is 5.91 Å². The Morgan fingerprint density at radius 2 is 2.14 bits per heavy atom. The molecule has 76 valence electrons. The zero-order valence-corrected chi connectivity index (χ0v) is 8.09. The van der Waals surface area contributed by atoms with E-state index in [1.807, 2.05) is 0 Å². The molecule has 0 saturated heterocycles. The van der Waals surface area contributed by atoms with Crippen molar-refractivity contribution in [1.82, 2.24) is 10.9 Å². The molecule has 0 aromatic carbocycles. The Morgan fingerprint density at radius 3 is 2.64 bits per heavy atom. The standard InChI is InChI=1S/C9H12N2O3/c1-3-8(12)10-11-9(13)7-4-5-14-6(7)2/h4-5H,3H2,1-2H3,(H,10,12)(H,11,13). The summed E-state index contributed by atoms with van der Waals surface area (Å²) in [5, 5.41) is 0. The molecular weight excluding hydrogens is 184 g/mol. The van der Waals surface area contributed by atoms with Crippen molar-refractivity contribution in [3.05, 3.63) is 23.7 Å². The highest BCUT2D eigenvalue weighted by Gasteiger charge is 2.11. The lowest BCUT2D eigenvalue weighted by Gasteiger charge is -2.04. The van der Waals surface area contributed by atoms with Gasteiger partial charge in [-0.05, 0) is 13.0 Å². The predicted molar refractivity (Wildman–Crippen MR) is 49.3 cm³/mol. The summed E-state index contributed by atoms with van der Waals surface area (Å²) in [5.41, 5.74) is 4.96. The topological polar surface area (TPSA) is 71.3 Å². The first kappa shape index (κ1) is 10.3. The van der Waals surface area contributed by atoms with E-state index in [0.29, 0.717) is 17.7 Å². The van der Waals surface area contributed by atoms with Crippen LogP contribution in [0.15, 0.2) is 16.7 Å². The van der Waals surface area contributed by atoms with E-state index in [4.69, 9.17) is 4.42 Å². The fourth-order valence-corrected chi connectivity index (χ4v) is 0.903. The van der Waals surface area contributed by atoms with Gasteiger partial charge in [0, 0.05) is 6.42 Å². The molecule has 0 fully saturated rings. The summed E-state index contributed by atoms with van der Waals surface area (Å²) in [6.07, 6.45) is 1.75. The average molecular weight is 196 g/mol. The van der Waals surface area contributed by atoms with Crippen LogP contribution in [0, 0.1) is 6.92 Å². The van der Waals surface area contributed by atoms with Crippen molar-refractivity contribution in [2.45, 2.75) is 20.3 Å². The predicted octanol–water partition coefficient (Wildman–Crippen LogP) is 0.759. The van der Waals surface area contributed by atoms with Crippen LogP contribution in [0.1, 0.15) is 29.5 Å². The number of furan rings is 1. The minimum absolute atomic E-state index is 0.237. The number of hydrogen-bond acceptors (Lipinski definition) is 3. The number of aryl methyl sites for hydroxylation is 1. The van der Waals surface area contributed by atoms with Gasteiger partial charge in [-0.2, -0.15) is 0 Å². The van der Waals surface area contributed by atoms with E-state index in [1.54, 1.807) is 19.9 Å². The number of carbonyl (C=O) groups is 2. The van der Waals surface area contributed by atoms with Crippen molar-refractivity contribution in [3.8, 4) is 0 Å². The molecule has 0 bridgehead atoms. The summed E-state index contributed by atoms with van der Waals surface area (Å²) in [6.45, 7) is 3.38. The van der Waals surface area contributed by atoms with E-state index >= 15 is 0 Å². The number of hydrazine groups is 1. The number of hydrogen-bond donors (Lipinski definition) is 2. The quantitative estimate of drug-likeness (QED) is 0.686. The Morgan fingerprint density at radius 1 is 1.43 bits per heavy atom. The largest absolute Gasteiger partial charge is 0.469 e. The van der Waals surface area contributed by atoms with E-state index in [2.05, 4.69) is 10.9 Å². The molecule has 1 aromatic heterocycles. The van der Waals surface area contributed by atoms with E-state index in [-0.39, 0.29) is 11.8 Å². The van der Waals surface area contributed by atoms with E-state index in [0.717, 1.165) is 0 Å². The van der Waals surface area contributed by atoms with E-state index < -0.39 is 0 Å². The van der Waals surface area contributed by atoms with Gasteiger partial charge in [-0.3, -0.25) is 20.4 Å². The number of carbonyl (C=O) groups excluding carboxylic acids is 2. The van der Waals surface area contributed by atoms with Crippen LogP contribution in [0.5, 0.6) is 0 Å². The van der Waals surface area contributed by atoms with Crippen molar-refractivity contribution in [2.75, 3.05) is 0 Å². The van der Waals surface area contributed by atoms with Crippen LogP contribution < -0.4 is 10.9 Å². The highest BCUT2D eigenvalue weighted by atomic mass is 16.3. The van der Waals surface area contributed by atoms with E-state index in [1.165, 1.54) is 6.26 Å². The molecule has 1 rings (SSSR count). The second-order valence-corrected chi connectivity index (χ2v) is 2.75. The Bertz CT molecular complexity index is 344. The van der Waals surface area contributed by atoms with Crippen LogP contribution >= 0.6 is 0 Å². The van der Waals surface area contributed by atoms with Crippen LogP contribution in [0.25, 0.3) is 0 Å². The zero-order chi connectivity index (χ0) is 10.6. The summed E-state index contributed by atoms with van der Waals surface area (Å²) in [4.78, 5) is 22.2. The highest BCUT2D eigenvalue weighted by Crippen LogP contribution is 2.07. The fourth-order valence-electron chi connectivity index (χ4n) is 0.903. The number of amides is 2. The van der Waals surface area contributed by atoms with Crippen LogP contribution in [-0.2, 0) is 4.79 Å². The molecule has 0 aliphatic carbocycles. The van der Waals surface area contributed by atoms with Crippen molar-refractivity contribution in [3.63, 3.8) is 0 Å². The first-order valence-corrected chi connectivity index (χ1v) is 4.28. The van der Waals surface area contributed by atoms with Gasteiger partial charge in [0.25, 0.3) is 5.91 Å². The fraction of sp³-hybridized carbons (Fsp3) is 0.333. The Hall–Kier alpha value is -1.78. The Balaban J connectivity index is 2.52. The molecule has 14 heavy (non-hydrogen) atoms. The van der Waals surface area contributed by atoms with Gasteiger partial charge in [-0.25, -0.2) is 0 Å². The summed E-state index contributed by atoms with van der Waals surface area (Å²) < 4.78 is 4.95. The number of nitrogens with one attached hydrogen (secondary N) is 2. The highest BCUT2D eigenvalue weighted by molar-refractivity contribution is 5.96. The van der Waals surface area contributed by atoms with Crippen molar-refractivity contribution in [2.24, 2.45) is 0 Å². The first-order chi connectivity index (χ1) is 6.65. The summed E-state index contributed by atoms with van der Waals surface area (Å²) in [5.74, 6) is -0.0919. The van der Waals surface area contributed by atoms with Gasteiger partial charge in [0.05, 0.1) is 11.8 Å². The van der Waals surface area contributed by atoms with Crippen molar-refractivity contribution in [1.29, 1.82) is 0 Å². The molecule has 5 heteroatoms. The van der Waals surface area contributed by atoms with Crippen LogP contribution in [-0.4, -0.2) is 11.8 Å². The SMILES string of the molecule is CCC(=O)NNC(=O)c1ccoc1C. The minimum Gasteiger partial charge on any atom is -0.469 e. The maximum Gasteiger partial charge on any atom is 0.273 e. The molecule has 1 aromatic rings. The first-order valence-electron chi connectivity index (χ1n) is 4.28. The lowest BCUT2D eigenvalue weighted by molar-refractivity contribution is -0.121. The summed E-state index contributed by atoms with van der Waals surface area (Å²) >= 11 is 0. The lowest BCUT2D eigenvalue weighted by Crippen LogP contribution is -2.41. The lowest BCUT2D eigenvalue weighted by atomic mass is 10.2. The zero-order valence-electron chi connectivity index (χ0n) is 8.09. The molecule has 0 radical (unpaired) electrons. The van der Waals surface area contributed by atoms with Crippen molar-refractivity contribution < 1.29 is 14.0 Å². The molecule has 0 spiro atoms. The molecule has 0 atom stereocenters.